The fourth-order valence-corrected chi connectivity index (χ4v) is 3.98. The molecule has 3 rings (SSSR count). The molecule has 1 fully saturated rings. The number of benzene rings is 2. The van der Waals surface area contributed by atoms with Crippen LogP contribution in [0.25, 0.3) is 0 Å². The number of piperazine rings is 1. The maximum atomic E-state index is 13.3. The van der Waals surface area contributed by atoms with Crippen molar-refractivity contribution in [3.63, 3.8) is 0 Å². The standard InChI is InChI=1S/C24H30N4O/c1-3-27(4-2)24(29)23(22-8-6-5-7-9-22)28-16-14-26(15-17-28)19-21-12-10-20(18-25)11-13-21/h5-13,23H,3-4,14-17,19H2,1-2H3. The van der Waals surface area contributed by atoms with Gasteiger partial charge in [0.15, 0.2) is 0 Å². The Bertz CT molecular complexity index is 816. The summed E-state index contributed by atoms with van der Waals surface area (Å²) in [5, 5.41) is 8.95. The lowest BCUT2D eigenvalue weighted by Crippen LogP contribution is -2.51. The molecule has 1 heterocycles. The quantitative estimate of drug-likeness (QED) is 0.728. The van der Waals surface area contributed by atoms with Crippen LogP contribution in [0.15, 0.2) is 54.6 Å². The molecule has 1 amide bonds. The van der Waals surface area contributed by atoms with E-state index in [2.05, 4.69) is 28.0 Å². The number of carbonyl (C=O) groups excluding carboxylic acids is 1. The molecule has 0 radical (unpaired) electrons. The van der Waals surface area contributed by atoms with Crippen molar-refractivity contribution in [3.8, 4) is 6.07 Å². The first-order chi connectivity index (χ1) is 14.2. The summed E-state index contributed by atoms with van der Waals surface area (Å²) in [7, 11) is 0. The molecule has 1 saturated heterocycles. The predicted octanol–water partition coefficient (Wildman–Crippen LogP) is 3.29. The van der Waals surface area contributed by atoms with Crippen molar-refractivity contribution in [1.82, 2.24) is 14.7 Å². The van der Waals surface area contributed by atoms with Gasteiger partial charge in [-0.3, -0.25) is 14.6 Å². The zero-order chi connectivity index (χ0) is 20.6. The van der Waals surface area contributed by atoms with Crippen LogP contribution < -0.4 is 0 Å². The Hall–Kier alpha value is -2.68. The number of amides is 1. The molecule has 0 aliphatic carbocycles. The highest BCUT2D eigenvalue weighted by atomic mass is 16.2. The van der Waals surface area contributed by atoms with Gasteiger partial charge in [0, 0.05) is 45.8 Å². The van der Waals surface area contributed by atoms with E-state index in [9.17, 15) is 4.79 Å². The topological polar surface area (TPSA) is 50.6 Å². The molecule has 0 aromatic heterocycles. The smallest absolute Gasteiger partial charge is 0.244 e. The fraction of sp³-hybridized carbons (Fsp3) is 0.417. The van der Waals surface area contributed by atoms with Crippen LogP contribution >= 0.6 is 0 Å². The minimum absolute atomic E-state index is 0.196. The largest absolute Gasteiger partial charge is 0.342 e. The molecule has 5 nitrogen and oxygen atoms in total. The van der Waals surface area contributed by atoms with E-state index >= 15 is 0 Å². The minimum atomic E-state index is -0.215. The summed E-state index contributed by atoms with van der Waals surface area (Å²) in [6.07, 6.45) is 0. The SMILES string of the molecule is CCN(CC)C(=O)C(c1ccccc1)N1CCN(Cc2ccc(C#N)cc2)CC1. The minimum Gasteiger partial charge on any atom is -0.342 e. The summed E-state index contributed by atoms with van der Waals surface area (Å²) >= 11 is 0. The summed E-state index contributed by atoms with van der Waals surface area (Å²) in [5.41, 5.74) is 2.99. The number of rotatable bonds is 7. The van der Waals surface area contributed by atoms with Gasteiger partial charge < -0.3 is 4.90 Å². The maximum Gasteiger partial charge on any atom is 0.244 e. The molecule has 152 valence electrons. The van der Waals surface area contributed by atoms with Gasteiger partial charge in [-0.1, -0.05) is 42.5 Å². The highest BCUT2D eigenvalue weighted by Gasteiger charge is 2.32. The molecule has 0 spiro atoms. The molecule has 0 bridgehead atoms. The third-order valence-electron chi connectivity index (χ3n) is 5.69. The van der Waals surface area contributed by atoms with Crippen molar-refractivity contribution >= 4 is 5.91 Å². The molecule has 1 aliphatic rings. The van der Waals surface area contributed by atoms with Gasteiger partial charge in [0.05, 0.1) is 11.6 Å². The van der Waals surface area contributed by atoms with E-state index in [0.717, 1.165) is 51.4 Å². The Morgan fingerprint density at radius 3 is 2.17 bits per heavy atom. The summed E-state index contributed by atoms with van der Waals surface area (Å²) < 4.78 is 0. The van der Waals surface area contributed by atoms with Crippen LogP contribution in [0.1, 0.15) is 36.6 Å². The summed E-state index contributed by atoms with van der Waals surface area (Å²) in [6.45, 7) is 10.0. The second-order valence-corrected chi connectivity index (χ2v) is 7.44. The van der Waals surface area contributed by atoms with Gasteiger partial charge in [0.2, 0.25) is 5.91 Å². The van der Waals surface area contributed by atoms with Crippen molar-refractivity contribution < 1.29 is 4.79 Å². The Morgan fingerprint density at radius 2 is 1.62 bits per heavy atom. The molecule has 1 aliphatic heterocycles. The average Bonchev–Trinajstić information content (AvgIpc) is 2.77. The molecular weight excluding hydrogens is 360 g/mol. The highest BCUT2D eigenvalue weighted by Crippen LogP contribution is 2.25. The summed E-state index contributed by atoms with van der Waals surface area (Å²) in [4.78, 5) is 20.0. The normalized spacial score (nSPS) is 16.2. The van der Waals surface area contributed by atoms with Crippen molar-refractivity contribution in [2.75, 3.05) is 39.3 Å². The second-order valence-electron chi connectivity index (χ2n) is 7.44. The van der Waals surface area contributed by atoms with E-state index < -0.39 is 0 Å². The van der Waals surface area contributed by atoms with Crippen molar-refractivity contribution in [1.29, 1.82) is 5.26 Å². The molecule has 2 aromatic carbocycles. The zero-order valence-electron chi connectivity index (χ0n) is 17.4. The van der Waals surface area contributed by atoms with Gasteiger partial charge in [-0.15, -0.1) is 0 Å². The molecule has 1 atom stereocenters. The Labute approximate surface area is 174 Å². The number of nitriles is 1. The summed E-state index contributed by atoms with van der Waals surface area (Å²) in [5.74, 6) is 0.196. The first-order valence-corrected chi connectivity index (χ1v) is 10.5. The highest BCUT2D eigenvalue weighted by molar-refractivity contribution is 5.83. The van der Waals surface area contributed by atoms with E-state index in [4.69, 9.17) is 5.26 Å². The first kappa shape index (κ1) is 21.0. The van der Waals surface area contributed by atoms with E-state index in [1.807, 2.05) is 61.2 Å². The van der Waals surface area contributed by atoms with Crippen molar-refractivity contribution in [3.05, 3.63) is 71.3 Å². The van der Waals surface area contributed by atoms with Crippen LogP contribution in [0.5, 0.6) is 0 Å². The van der Waals surface area contributed by atoms with Gasteiger partial charge in [-0.2, -0.15) is 5.26 Å². The van der Waals surface area contributed by atoms with E-state index in [-0.39, 0.29) is 11.9 Å². The fourth-order valence-electron chi connectivity index (χ4n) is 3.98. The Morgan fingerprint density at radius 1 is 1.00 bits per heavy atom. The van der Waals surface area contributed by atoms with Gasteiger partial charge in [-0.05, 0) is 37.1 Å². The molecule has 0 N–H and O–H groups in total. The average molecular weight is 391 g/mol. The predicted molar refractivity (Wildman–Crippen MR) is 115 cm³/mol. The number of carbonyl (C=O) groups is 1. The Balaban J connectivity index is 1.68. The second kappa shape index (κ2) is 10.2. The molecule has 2 aromatic rings. The lowest BCUT2D eigenvalue weighted by Gasteiger charge is -2.40. The third-order valence-corrected chi connectivity index (χ3v) is 5.69. The summed E-state index contributed by atoms with van der Waals surface area (Å²) in [6, 6.07) is 19.9. The zero-order valence-corrected chi connectivity index (χ0v) is 17.4. The molecule has 1 unspecified atom stereocenters. The van der Waals surface area contributed by atoms with Gasteiger partial charge >= 0.3 is 0 Å². The van der Waals surface area contributed by atoms with Gasteiger partial charge in [-0.25, -0.2) is 0 Å². The number of hydrogen-bond donors (Lipinski definition) is 0. The van der Waals surface area contributed by atoms with Gasteiger partial charge in [0.1, 0.15) is 6.04 Å². The van der Waals surface area contributed by atoms with E-state index in [1.165, 1.54) is 5.56 Å². The van der Waals surface area contributed by atoms with Crippen LogP contribution in [0.4, 0.5) is 0 Å². The molecule has 0 saturated carbocycles. The monoisotopic (exact) mass is 390 g/mol. The third kappa shape index (κ3) is 5.23. The lowest BCUT2D eigenvalue weighted by atomic mass is 10.0. The van der Waals surface area contributed by atoms with Crippen LogP contribution in [-0.2, 0) is 11.3 Å². The van der Waals surface area contributed by atoms with E-state index in [1.54, 1.807) is 0 Å². The lowest BCUT2D eigenvalue weighted by molar-refractivity contribution is -0.137. The van der Waals surface area contributed by atoms with Gasteiger partial charge in [0.25, 0.3) is 0 Å². The molecule has 29 heavy (non-hydrogen) atoms. The first-order valence-electron chi connectivity index (χ1n) is 10.5. The number of hydrogen-bond acceptors (Lipinski definition) is 4. The van der Waals surface area contributed by atoms with Crippen molar-refractivity contribution in [2.45, 2.75) is 26.4 Å². The van der Waals surface area contributed by atoms with Crippen LogP contribution in [0, 0.1) is 11.3 Å². The van der Waals surface area contributed by atoms with Crippen LogP contribution in [-0.4, -0.2) is 59.9 Å². The maximum absolute atomic E-state index is 13.3. The van der Waals surface area contributed by atoms with E-state index in [0.29, 0.717) is 5.56 Å². The number of nitrogens with zero attached hydrogens (tertiary/aromatic N) is 4. The Kier molecular flexibility index (Phi) is 7.40. The van der Waals surface area contributed by atoms with Crippen LogP contribution in [0.2, 0.25) is 0 Å². The number of likely N-dealkylation sites (N-methyl/N-ethyl adjacent to an activating group) is 1. The molecule has 5 heteroatoms. The van der Waals surface area contributed by atoms with Crippen molar-refractivity contribution in [2.24, 2.45) is 0 Å². The molecular formula is C24H30N4O. The van der Waals surface area contributed by atoms with Crippen LogP contribution in [0.3, 0.4) is 0 Å².